The van der Waals surface area contributed by atoms with Gasteiger partial charge in [-0.05, 0) is 66.8 Å². The number of nitrogens with one attached hydrogen (secondary N) is 1. The lowest BCUT2D eigenvalue weighted by atomic mass is 10.1. The maximum Gasteiger partial charge on any atom is 0.248 e. The molecule has 0 radical (unpaired) electrons. The van der Waals surface area contributed by atoms with E-state index in [0.29, 0.717) is 11.8 Å². The number of carbonyl (C=O) groups is 1. The summed E-state index contributed by atoms with van der Waals surface area (Å²) in [4.78, 5) is 21.6. The Kier molecular flexibility index (Phi) is 6.77. The Bertz CT molecular complexity index is 1130. The van der Waals surface area contributed by atoms with Crippen molar-refractivity contribution >= 4 is 23.4 Å². The van der Waals surface area contributed by atoms with Crippen LogP contribution in [0.25, 0.3) is 6.08 Å². The number of furan rings is 1. The molecule has 1 saturated heterocycles. The van der Waals surface area contributed by atoms with Crippen LogP contribution in [0.2, 0.25) is 0 Å². The SMILES string of the molecule is CC1CC1c1ccc(/C=C/C(=O)Nc2ccccc2N2CCN(CCc3ccncc3)CC2)o1. The molecule has 5 rings (SSSR count). The van der Waals surface area contributed by atoms with E-state index in [0.717, 1.165) is 62.0 Å². The first kappa shape index (κ1) is 22.4. The van der Waals surface area contributed by atoms with Gasteiger partial charge in [0.25, 0.3) is 0 Å². The molecular weight excluding hydrogens is 424 g/mol. The molecule has 0 bridgehead atoms. The van der Waals surface area contributed by atoms with E-state index in [9.17, 15) is 4.79 Å². The number of anilines is 2. The van der Waals surface area contributed by atoms with Crippen LogP contribution < -0.4 is 10.2 Å². The zero-order valence-corrected chi connectivity index (χ0v) is 19.7. The highest BCUT2D eigenvalue weighted by Crippen LogP contribution is 2.47. The van der Waals surface area contributed by atoms with Gasteiger partial charge in [-0.2, -0.15) is 0 Å². The first-order chi connectivity index (χ1) is 16.7. The number of carbonyl (C=O) groups excluding carboxylic acids is 1. The summed E-state index contributed by atoms with van der Waals surface area (Å²) in [6, 6.07) is 16.2. The molecule has 2 atom stereocenters. The Balaban J connectivity index is 1.14. The second kappa shape index (κ2) is 10.3. The second-order valence-electron chi connectivity index (χ2n) is 9.33. The first-order valence-corrected chi connectivity index (χ1v) is 12.2. The smallest absolute Gasteiger partial charge is 0.248 e. The number of benzene rings is 1. The lowest BCUT2D eigenvalue weighted by molar-refractivity contribution is -0.111. The third-order valence-corrected chi connectivity index (χ3v) is 6.86. The van der Waals surface area contributed by atoms with Gasteiger partial charge in [0.1, 0.15) is 11.5 Å². The number of hydrogen-bond donors (Lipinski definition) is 1. The van der Waals surface area contributed by atoms with E-state index in [1.165, 1.54) is 12.0 Å². The Morgan fingerprint density at radius 3 is 2.62 bits per heavy atom. The van der Waals surface area contributed by atoms with E-state index >= 15 is 0 Å². The molecule has 6 nitrogen and oxygen atoms in total. The van der Waals surface area contributed by atoms with Crippen molar-refractivity contribution in [3.63, 3.8) is 0 Å². The molecule has 2 fully saturated rings. The summed E-state index contributed by atoms with van der Waals surface area (Å²) in [5.74, 6) is 2.84. The molecule has 6 heteroatoms. The molecule has 2 aromatic heterocycles. The topological polar surface area (TPSA) is 61.6 Å². The summed E-state index contributed by atoms with van der Waals surface area (Å²) in [6.07, 6.45) is 9.23. The maximum atomic E-state index is 12.6. The van der Waals surface area contributed by atoms with Crippen LogP contribution >= 0.6 is 0 Å². The van der Waals surface area contributed by atoms with E-state index in [1.54, 1.807) is 12.2 Å². The molecular formula is C28H32N4O2. The van der Waals surface area contributed by atoms with Gasteiger partial charge in [0.15, 0.2) is 0 Å². The van der Waals surface area contributed by atoms with E-state index in [4.69, 9.17) is 4.42 Å². The molecule has 3 aromatic rings. The van der Waals surface area contributed by atoms with Crippen molar-refractivity contribution in [2.24, 2.45) is 5.92 Å². The van der Waals surface area contributed by atoms with Crippen molar-refractivity contribution in [1.29, 1.82) is 0 Å². The Morgan fingerprint density at radius 1 is 1.09 bits per heavy atom. The van der Waals surface area contributed by atoms with Crippen molar-refractivity contribution in [3.8, 4) is 0 Å². The number of nitrogens with zero attached hydrogens (tertiary/aromatic N) is 3. The molecule has 1 aliphatic heterocycles. The molecule has 1 aliphatic carbocycles. The van der Waals surface area contributed by atoms with Gasteiger partial charge in [-0.1, -0.05) is 19.1 Å². The minimum Gasteiger partial charge on any atom is -0.461 e. The molecule has 1 amide bonds. The molecule has 2 unspecified atom stereocenters. The van der Waals surface area contributed by atoms with Crippen LogP contribution in [0.3, 0.4) is 0 Å². The highest BCUT2D eigenvalue weighted by molar-refractivity contribution is 6.03. The van der Waals surface area contributed by atoms with Crippen LogP contribution in [-0.2, 0) is 11.2 Å². The van der Waals surface area contributed by atoms with Gasteiger partial charge in [-0.3, -0.25) is 14.7 Å². The summed E-state index contributed by atoms with van der Waals surface area (Å²) in [6.45, 7) is 7.17. The van der Waals surface area contributed by atoms with Gasteiger partial charge in [0, 0.05) is 57.1 Å². The van der Waals surface area contributed by atoms with Gasteiger partial charge in [0.05, 0.1) is 11.4 Å². The molecule has 2 aliphatic rings. The fourth-order valence-electron chi connectivity index (χ4n) is 4.61. The summed E-state index contributed by atoms with van der Waals surface area (Å²) in [5.41, 5.74) is 3.24. The normalized spacial score (nSPS) is 20.6. The molecule has 34 heavy (non-hydrogen) atoms. The Morgan fingerprint density at radius 2 is 1.85 bits per heavy atom. The maximum absolute atomic E-state index is 12.6. The number of amides is 1. The lowest BCUT2D eigenvalue weighted by Gasteiger charge is -2.37. The van der Waals surface area contributed by atoms with Crippen LogP contribution in [0.15, 0.2) is 71.4 Å². The Labute approximate surface area is 201 Å². The average Bonchev–Trinajstić information content (AvgIpc) is 3.41. The van der Waals surface area contributed by atoms with Crippen molar-refractivity contribution in [3.05, 3.63) is 84.1 Å². The molecule has 176 valence electrons. The number of aromatic nitrogens is 1. The van der Waals surface area contributed by atoms with E-state index in [2.05, 4.69) is 45.2 Å². The highest BCUT2D eigenvalue weighted by atomic mass is 16.3. The quantitative estimate of drug-likeness (QED) is 0.493. The number of hydrogen-bond acceptors (Lipinski definition) is 5. The predicted molar refractivity (Wildman–Crippen MR) is 136 cm³/mol. The highest BCUT2D eigenvalue weighted by Gasteiger charge is 2.36. The molecule has 1 saturated carbocycles. The summed E-state index contributed by atoms with van der Waals surface area (Å²) in [7, 11) is 0. The van der Waals surface area contributed by atoms with Crippen LogP contribution in [0.5, 0.6) is 0 Å². The summed E-state index contributed by atoms with van der Waals surface area (Å²) >= 11 is 0. The number of rotatable bonds is 8. The van der Waals surface area contributed by atoms with E-state index in [1.807, 2.05) is 42.7 Å². The first-order valence-electron chi connectivity index (χ1n) is 12.2. The van der Waals surface area contributed by atoms with Crippen molar-refractivity contribution in [2.45, 2.75) is 25.7 Å². The molecule has 3 heterocycles. The van der Waals surface area contributed by atoms with E-state index < -0.39 is 0 Å². The fraction of sp³-hybridized carbons (Fsp3) is 0.357. The summed E-state index contributed by atoms with van der Waals surface area (Å²) < 4.78 is 5.87. The molecule has 1 aromatic carbocycles. The molecule has 1 N–H and O–H groups in total. The predicted octanol–water partition coefficient (Wildman–Crippen LogP) is 4.81. The van der Waals surface area contributed by atoms with Crippen LogP contribution in [0.4, 0.5) is 11.4 Å². The van der Waals surface area contributed by atoms with Gasteiger partial charge in [0.2, 0.25) is 5.91 Å². The van der Waals surface area contributed by atoms with Crippen LogP contribution in [0, 0.1) is 5.92 Å². The largest absolute Gasteiger partial charge is 0.461 e. The molecule has 0 spiro atoms. The second-order valence-corrected chi connectivity index (χ2v) is 9.33. The van der Waals surface area contributed by atoms with Crippen molar-refractivity contribution in [1.82, 2.24) is 9.88 Å². The average molecular weight is 457 g/mol. The third-order valence-electron chi connectivity index (χ3n) is 6.86. The number of para-hydroxylation sites is 2. The van der Waals surface area contributed by atoms with Gasteiger partial charge in [-0.25, -0.2) is 0 Å². The van der Waals surface area contributed by atoms with E-state index in [-0.39, 0.29) is 5.91 Å². The zero-order valence-electron chi connectivity index (χ0n) is 19.7. The standard InChI is InChI=1S/C28H32N4O2/c1-21-20-24(21)27-8-6-23(34-27)7-9-28(33)30-25-4-2-3-5-26(25)32-18-16-31(17-19-32)15-12-22-10-13-29-14-11-22/h2-11,13-14,21,24H,12,15-20H2,1H3,(H,30,33)/b9-7+. The number of piperazine rings is 1. The van der Waals surface area contributed by atoms with Gasteiger partial charge in [-0.15, -0.1) is 0 Å². The Hall–Kier alpha value is -3.38. The lowest BCUT2D eigenvalue weighted by Crippen LogP contribution is -2.47. The van der Waals surface area contributed by atoms with Crippen molar-refractivity contribution in [2.75, 3.05) is 42.9 Å². The fourth-order valence-corrected chi connectivity index (χ4v) is 4.61. The van der Waals surface area contributed by atoms with Crippen molar-refractivity contribution < 1.29 is 9.21 Å². The minimum absolute atomic E-state index is 0.152. The van der Waals surface area contributed by atoms with Gasteiger partial charge < -0.3 is 14.6 Å². The zero-order chi connectivity index (χ0) is 23.3. The minimum atomic E-state index is -0.152. The number of pyridine rings is 1. The summed E-state index contributed by atoms with van der Waals surface area (Å²) in [5, 5.41) is 3.06. The van der Waals surface area contributed by atoms with Crippen LogP contribution in [-0.4, -0.2) is 48.5 Å². The van der Waals surface area contributed by atoms with Gasteiger partial charge >= 0.3 is 0 Å². The monoisotopic (exact) mass is 456 g/mol. The van der Waals surface area contributed by atoms with Crippen LogP contribution in [0.1, 0.15) is 36.3 Å². The third kappa shape index (κ3) is 5.57.